The highest BCUT2D eigenvalue weighted by atomic mass is 19.2. The molecule has 0 radical (unpaired) electrons. The van der Waals surface area contributed by atoms with Crippen molar-refractivity contribution in [3.63, 3.8) is 0 Å². The second-order valence-electron chi connectivity index (χ2n) is 3.12. The van der Waals surface area contributed by atoms with E-state index >= 15 is 0 Å². The molecule has 8 heteroatoms. The fourth-order valence-electron chi connectivity index (χ4n) is 1.39. The van der Waals surface area contributed by atoms with E-state index in [0.29, 0.717) is 0 Å². The summed E-state index contributed by atoms with van der Waals surface area (Å²) in [6.45, 7) is 0. The summed E-state index contributed by atoms with van der Waals surface area (Å²) in [6, 6.07) is 0. The fraction of sp³-hybridized carbons (Fsp3) is 0. The molecule has 2 rings (SSSR count). The first kappa shape index (κ1) is 11.2. The van der Waals surface area contributed by atoms with E-state index in [-0.39, 0.29) is 0 Å². The Bertz CT molecular complexity index is 597. The average molecular weight is 247 g/mol. The Labute approximate surface area is 90.2 Å². The Balaban J connectivity index is 2.93. The molecule has 1 aromatic rings. The first-order valence-corrected chi connectivity index (χ1v) is 4.12. The van der Waals surface area contributed by atoms with Crippen LogP contribution >= 0.6 is 0 Å². The van der Waals surface area contributed by atoms with Gasteiger partial charge in [0.05, 0.1) is 11.1 Å². The second-order valence-corrected chi connectivity index (χ2v) is 3.12. The molecule has 0 atom stereocenters. The highest BCUT2D eigenvalue weighted by Gasteiger charge is 2.39. The number of ketones is 1. The quantitative estimate of drug-likeness (QED) is 0.241. The topological polar surface area (TPSA) is 63.2 Å². The van der Waals surface area contributed by atoms with Gasteiger partial charge in [0, 0.05) is 0 Å². The molecular formula is C9HF4NO3. The van der Waals surface area contributed by atoms with E-state index in [1.165, 1.54) is 5.32 Å². The molecule has 0 spiro atoms. The van der Waals surface area contributed by atoms with Crippen LogP contribution in [0.15, 0.2) is 0 Å². The van der Waals surface area contributed by atoms with Crippen molar-refractivity contribution >= 4 is 17.6 Å². The van der Waals surface area contributed by atoms with Gasteiger partial charge in [0.1, 0.15) is 0 Å². The highest BCUT2D eigenvalue weighted by molar-refractivity contribution is 6.49. The fourth-order valence-corrected chi connectivity index (χ4v) is 1.39. The zero-order valence-corrected chi connectivity index (χ0v) is 7.74. The Morgan fingerprint density at radius 3 is 1.65 bits per heavy atom. The number of carbonyl (C=O) groups excluding carboxylic acids is 3. The van der Waals surface area contributed by atoms with E-state index in [1.807, 2.05) is 0 Å². The number of halogens is 4. The molecule has 0 fully saturated rings. The summed E-state index contributed by atoms with van der Waals surface area (Å²) in [6.07, 6.45) is 0. The lowest BCUT2D eigenvalue weighted by molar-refractivity contribution is -0.116. The zero-order chi connectivity index (χ0) is 12.9. The Morgan fingerprint density at radius 1 is 0.647 bits per heavy atom. The van der Waals surface area contributed by atoms with Crippen molar-refractivity contribution in [1.82, 2.24) is 5.32 Å². The normalized spacial score (nSPS) is 14.7. The molecule has 4 nitrogen and oxygen atoms in total. The predicted octanol–water partition coefficient (Wildman–Crippen LogP) is 0.696. The van der Waals surface area contributed by atoms with Crippen LogP contribution < -0.4 is 5.32 Å². The molecule has 1 heterocycles. The van der Waals surface area contributed by atoms with E-state index in [9.17, 15) is 31.9 Å². The maximum atomic E-state index is 13.2. The first-order valence-electron chi connectivity index (χ1n) is 4.12. The van der Waals surface area contributed by atoms with Gasteiger partial charge in [0.25, 0.3) is 17.6 Å². The molecule has 0 aromatic heterocycles. The Hall–Kier alpha value is -2.25. The number of nitrogens with one attached hydrogen (secondary N) is 1. The van der Waals surface area contributed by atoms with Crippen molar-refractivity contribution in [2.24, 2.45) is 0 Å². The Morgan fingerprint density at radius 2 is 1.12 bits per heavy atom. The summed E-state index contributed by atoms with van der Waals surface area (Å²) in [7, 11) is 0. The van der Waals surface area contributed by atoms with Crippen LogP contribution in [0.2, 0.25) is 0 Å². The number of fused-ring (bicyclic) bond motifs is 1. The van der Waals surface area contributed by atoms with Crippen LogP contribution in [-0.4, -0.2) is 17.6 Å². The molecule has 0 unspecified atom stereocenters. The first-order chi connectivity index (χ1) is 7.86. The van der Waals surface area contributed by atoms with Crippen molar-refractivity contribution in [2.45, 2.75) is 0 Å². The number of Topliss-reactive ketones (excluding diaryl/α,β-unsaturated/α-hetero) is 1. The number of benzene rings is 1. The van der Waals surface area contributed by atoms with Crippen molar-refractivity contribution in [2.75, 3.05) is 0 Å². The molecule has 88 valence electrons. The van der Waals surface area contributed by atoms with Crippen LogP contribution in [0.4, 0.5) is 17.6 Å². The van der Waals surface area contributed by atoms with Crippen LogP contribution in [0.5, 0.6) is 0 Å². The summed E-state index contributed by atoms with van der Waals surface area (Å²) in [4.78, 5) is 33.1. The predicted molar refractivity (Wildman–Crippen MR) is 43.1 cm³/mol. The minimum atomic E-state index is -2.25. The molecule has 0 aliphatic carbocycles. The third kappa shape index (κ3) is 1.33. The molecular weight excluding hydrogens is 246 g/mol. The molecule has 0 saturated heterocycles. The third-order valence-electron chi connectivity index (χ3n) is 2.15. The number of carbonyl (C=O) groups is 3. The van der Waals surface area contributed by atoms with Crippen LogP contribution in [0, 0.1) is 23.3 Å². The summed E-state index contributed by atoms with van der Waals surface area (Å²) < 4.78 is 52.0. The molecule has 2 amide bonds. The summed E-state index contributed by atoms with van der Waals surface area (Å²) in [5.41, 5.74) is -2.71. The number of hydrogen-bond donors (Lipinski definition) is 1. The van der Waals surface area contributed by atoms with Gasteiger partial charge in [-0.05, 0) is 0 Å². The average Bonchev–Trinajstić information content (AvgIpc) is 2.28. The maximum absolute atomic E-state index is 13.2. The van der Waals surface area contributed by atoms with Crippen molar-refractivity contribution in [1.29, 1.82) is 0 Å². The standard InChI is InChI=1S/C9HF4NO3/c10-3-1-2(4(11)6(13)5(3)12)8(16)14-9(17)7(1)15/h(H,14,16,17). The van der Waals surface area contributed by atoms with E-state index in [0.717, 1.165) is 0 Å². The molecule has 0 saturated carbocycles. The second kappa shape index (κ2) is 3.37. The third-order valence-corrected chi connectivity index (χ3v) is 2.15. The van der Waals surface area contributed by atoms with Gasteiger partial charge in [-0.25, -0.2) is 17.6 Å². The monoisotopic (exact) mass is 247 g/mol. The van der Waals surface area contributed by atoms with Crippen molar-refractivity contribution in [3.8, 4) is 0 Å². The van der Waals surface area contributed by atoms with Crippen LogP contribution in [0.1, 0.15) is 20.7 Å². The Kier molecular flexibility index (Phi) is 2.23. The summed E-state index contributed by atoms with van der Waals surface area (Å²) in [5.74, 6) is -13.2. The number of imide groups is 1. The molecule has 1 aliphatic rings. The lowest BCUT2D eigenvalue weighted by Crippen LogP contribution is -2.43. The minimum Gasteiger partial charge on any atom is -0.285 e. The van der Waals surface area contributed by atoms with Gasteiger partial charge >= 0.3 is 0 Å². The van der Waals surface area contributed by atoms with E-state index in [2.05, 4.69) is 0 Å². The van der Waals surface area contributed by atoms with Gasteiger partial charge in [0.2, 0.25) is 0 Å². The maximum Gasteiger partial charge on any atom is 0.299 e. The van der Waals surface area contributed by atoms with Crippen LogP contribution in [0.25, 0.3) is 0 Å². The summed E-state index contributed by atoms with van der Waals surface area (Å²) >= 11 is 0. The van der Waals surface area contributed by atoms with E-state index < -0.39 is 52.0 Å². The number of amides is 2. The highest BCUT2D eigenvalue weighted by Crippen LogP contribution is 2.26. The zero-order valence-electron chi connectivity index (χ0n) is 7.74. The molecule has 1 N–H and O–H groups in total. The molecule has 1 aromatic carbocycles. The van der Waals surface area contributed by atoms with Gasteiger partial charge < -0.3 is 0 Å². The van der Waals surface area contributed by atoms with Crippen LogP contribution in [-0.2, 0) is 4.79 Å². The van der Waals surface area contributed by atoms with E-state index in [4.69, 9.17) is 0 Å². The van der Waals surface area contributed by atoms with E-state index in [1.54, 1.807) is 0 Å². The van der Waals surface area contributed by atoms with Crippen LogP contribution in [0.3, 0.4) is 0 Å². The largest absolute Gasteiger partial charge is 0.299 e. The smallest absolute Gasteiger partial charge is 0.285 e. The number of hydrogen-bond acceptors (Lipinski definition) is 3. The minimum absolute atomic E-state index is 1.31. The van der Waals surface area contributed by atoms with Gasteiger partial charge in [-0.1, -0.05) is 0 Å². The SMILES string of the molecule is O=C1NC(=O)c2c(F)c(F)c(F)c(F)c2C1=O. The lowest BCUT2D eigenvalue weighted by Gasteiger charge is -2.15. The van der Waals surface area contributed by atoms with Gasteiger partial charge in [-0.2, -0.15) is 0 Å². The molecule has 1 aliphatic heterocycles. The lowest BCUT2D eigenvalue weighted by atomic mass is 9.97. The number of rotatable bonds is 0. The van der Waals surface area contributed by atoms with Gasteiger partial charge in [-0.15, -0.1) is 0 Å². The van der Waals surface area contributed by atoms with Crippen molar-refractivity contribution < 1.29 is 31.9 Å². The molecule has 0 bridgehead atoms. The van der Waals surface area contributed by atoms with Gasteiger partial charge in [-0.3, -0.25) is 19.7 Å². The molecule has 17 heavy (non-hydrogen) atoms. The van der Waals surface area contributed by atoms with Gasteiger partial charge in [0.15, 0.2) is 23.3 Å². The van der Waals surface area contributed by atoms with Crippen molar-refractivity contribution in [3.05, 3.63) is 34.4 Å². The summed E-state index contributed by atoms with van der Waals surface area (Å²) in [5, 5.41) is 1.38.